The third-order valence-electron chi connectivity index (χ3n) is 6.56. The summed E-state index contributed by atoms with van der Waals surface area (Å²) in [6.07, 6.45) is 12.6. The smallest absolute Gasteiger partial charge is 0.338 e. The zero-order chi connectivity index (χ0) is 16.9. The highest BCUT2D eigenvalue weighted by Crippen LogP contribution is 2.60. The monoisotopic (exact) mass is 324 g/mol. The number of fused-ring (bicyclic) bond motifs is 3. The molecule has 5 atom stereocenters. The maximum Gasteiger partial charge on any atom is 0.338 e. The lowest BCUT2D eigenvalue weighted by molar-refractivity contribution is -0.135. The Morgan fingerprint density at radius 3 is 3.00 bits per heavy atom. The highest BCUT2D eigenvalue weighted by Gasteiger charge is 2.57. The van der Waals surface area contributed by atoms with Crippen LogP contribution >= 0.6 is 0 Å². The summed E-state index contributed by atoms with van der Waals surface area (Å²) in [6.45, 7) is 10.2. The zero-order valence-electron chi connectivity index (χ0n) is 14.4. The molecule has 0 spiro atoms. The molecule has 2 unspecified atom stereocenters. The Morgan fingerprint density at radius 1 is 1.42 bits per heavy atom. The highest BCUT2D eigenvalue weighted by molar-refractivity contribution is 5.93. The van der Waals surface area contributed by atoms with Crippen LogP contribution in [0.3, 0.4) is 0 Å². The van der Waals surface area contributed by atoms with Gasteiger partial charge in [0.05, 0.1) is 18.2 Å². The van der Waals surface area contributed by atoms with Crippen molar-refractivity contribution in [3.8, 4) is 0 Å². The number of hydrogen-bond acceptors (Lipinski definition) is 4. The minimum atomic E-state index is -0.228. The van der Waals surface area contributed by atoms with E-state index in [1.165, 1.54) is 5.57 Å². The minimum Gasteiger partial charge on any atom is -0.458 e. The van der Waals surface area contributed by atoms with E-state index in [0.717, 1.165) is 19.4 Å². The largest absolute Gasteiger partial charge is 0.458 e. The predicted molar refractivity (Wildman–Crippen MR) is 92.4 cm³/mol. The number of nitrogens with zero attached hydrogens (tertiary/aromatic N) is 2. The quantitative estimate of drug-likeness (QED) is 0.569. The van der Waals surface area contributed by atoms with Crippen LogP contribution in [0.4, 0.5) is 0 Å². The molecular weight excluding hydrogens is 300 g/mol. The van der Waals surface area contributed by atoms with Crippen LogP contribution < -0.4 is 0 Å². The van der Waals surface area contributed by atoms with Gasteiger partial charge >= 0.3 is 5.97 Å². The van der Waals surface area contributed by atoms with E-state index in [0.29, 0.717) is 18.1 Å². The Bertz CT molecular complexity index is 717. The van der Waals surface area contributed by atoms with Gasteiger partial charge in [-0.05, 0) is 30.3 Å². The van der Waals surface area contributed by atoms with Gasteiger partial charge < -0.3 is 4.74 Å². The molecule has 0 bridgehead atoms. The van der Waals surface area contributed by atoms with E-state index in [9.17, 15) is 4.79 Å². The molecule has 4 aliphatic rings. The van der Waals surface area contributed by atoms with Crippen molar-refractivity contribution in [2.75, 3.05) is 13.2 Å². The Balaban J connectivity index is 1.69. The maximum atomic E-state index is 11.7. The molecule has 2 aliphatic carbocycles. The molecule has 0 amide bonds. The van der Waals surface area contributed by atoms with Crippen molar-refractivity contribution in [3.05, 3.63) is 48.1 Å². The molecule has 126 valence electrons. The molecule has 24 heavy (non-hydrogen) atoms. The first kappa shape index (κ1) is 15.6. The van der Waals surface area contributed by atoms with Crippen LogP contribution in [-0.4, -0.2) is 25.2 Å². The van der Waals surface area contributed by atoms with E-state index >= 15 is 0 Å². The van der Waals surface area contributed by atoms with E-state index in [2.05, 4.69) is 48.9 Å². The lowest BCUT2D eigenvalue weighted by atomic mass is 9.48. The summed E-state index contributed by atoms with van der Waals surface area (Å²) in [6, 6.07) is 0.207. The molecule has 1 fully saturated rings. The third kappa shape index (κ3) is 2.08. The Labute approximate surface area is 143 Å². The summed E-state index contributed by atoms with van der Waals surface area (Å²) >= 11 is 0. The van der Waals surface area contributed by atoms with Crippen LogP contribution in [0.2, 0.25) is 0 Å². The Hall–Kier alpha value is -1.97. The van der Waals surface area contributed by atoms with Crippen molar-refractivity contribution in [1.82, 2.24) is 0 Å². The van der Waals surface area contributed by atoms with Gasteiger partial charge in [0.2, 0.25) is 0 Å². The van der Waals surface area contributed by atoms with Crippen LogP contribution in [0.25, 0.3) is 0 Å². The fraction of sp³-hybridized carbons (Fsp3) is 0.550. The third-order valence-corrected chi connectivity index (χ3v) is 6.56. The van der Waals surface area contributed by atoms with Crippen LogP contribution in [0.1, 0.15) is 26.7 Å². The molecule has 2 heterocycles. The summed E-state index contributed by atoms with van der Waals surface area (Å²) in [5.74, 6) is 0.508. The normalized spacial score (nSPS) is 43.8. The van der Waals surface area contributed by atoms with Crippen molar-refractivity contribution >= 4 is 5.97 Å². The molecule has 4 rings (SSSR count). The number of rotatable bonds is 2. The van der Waals surface area contributed by atoms with Crippen molar-refractivity contribution in [2.45, 2.75) is 32.7 Å². The molecule has 0 radical (unpaired) electrons. The van der Waals surface area contributed by atoms with Gasteiger partial charge in [-0.25, -0.2) is 4.79 Å². The summed E-state index contributed by atoms with van der Waals surface area (Å²) in [5.41, 5.74) is 2.00. The molecule has 0 aromatic carbocycles. The molecule has 0 N–H and O–H groups in total. The van der Waals surface area contributed by atoms with E-state index in [-0.39, 0.29) is 28.8 Å². The van der Waals surface area contributed by atoms with E-state index in [4.69, 9.17) is 4.74 Å². The second kappa shape index (κ2) is 5.27. The first-order valence-corrected chi connectivity index (χ1v) is 8.74. The number of esters is 1. The van der Waals surface area contributed by atoms with Gasteiger partial charge in [0.15, 0.2) is 0 Å². The molecule has 2 aliphatic heterocycles. The van der Waals surface area contributed by atoms with Gasteiger partial charge in [0.25, 0.3) is 0 Å². The number of ether oxygens (including phenoxy) is 1. The Morgan fingerprint density at radius 2 is 2.25 bits per heavy atom. The van der Waals surface area contributed by atoms with Crippen LogP contribution in [0.5, 0.6) is 0 Å². The van der Waals surface area contributed by atoms with E-state index < -0.39 is 0 Å². The summed E-state index contributed by atoms with van der Waals surface area (Å²) in [5, 5.41) is 8.79. The standard InChI is InChI=1S/C20H24N2O2/c1-13-4-7-16-19(2,10-8-17-20(16,3)12-21-22-17)15(13)6-5-14-9-11-24-18(14)23/h5-6,8-10,15-17H,1,4,7,11-12H2,2-3H3/t15-,16?,17?,19-,20+/m1/s1. The SMILES string of the molecule is C=C1CCC2[C@]3(C)CN=NC3C=C[C@]2(C)[C@@H]1C=CC1=CCOC1=O. The van der Waals surface area contributed by atoms with Gasteiger partial charge in [0, 0.05) is 11.3 Å². The second-order valence-corrected chi connectivity index (χ2v) is 7.94. The predicted octanol–water partition coefficient (Wildman–Crippen LogP) is 4.03. The zero-order valence-corrected chi connectivity index (χ0v) is 14.4. The van der Waals surface area contributed by atoms with Gasteiger partial charge in [-0.3, -0.25) is 0 Å². The molecule has 0 saturated heterocycles. The second-order valence-electron chi connectivity index (χ2n) is 7.94. The summed E-state index contributed by atoms with van der Waals surface area (Å²) < 4.78 is 4.99. The molecular formula is C20H24N2O2. The van der Waals surface area contributed by atoms with Crippen LogP contribution in [-0.2, 0) is 9.53 Å². The fourth-order valence-electron chi connectivity index (χ4n) is 5.15. The van der Waals surface area contributed by atoms with E-state index in [1.807, 2.05) is 12.2 Å². The number of azo groups is 1. The van der Waals surface area contributed by atoms with Crippen LogP contribution in [0, 0.1) is 22.7 Å². The van der Waals surface area contributed by atoms with Crippen LogP contribution in [0.15, 0.2) is 58.3 Å². The van der Waals surface area contributed by atoms with Gasteiger partial charge in [-0.1, -0.05) is 50.3 Å². The summed E-state index contributed by atoms with van der Waals surface area (Å²) in [7, 11) is 0. The maximum absolute atomic E-state index is 11.7. The fourth-order valence-corrected chi connectivity index (χ4v) is 5.15. The number of carbonyl (C=O) groups excluding carboxylic acids is 1. The molecule has 4 heteroatoms. The lowest BCUT2D eigenvalue weighted by Crippen LogP contribution is -2.52. The number of allylic oxidation sites excluding steroid dienone is 3. The van der Waals surface area contributed by atoms with Crippen molar-refractivity contribution in [2.24, 2.45) is 32.9 Å². The lowest BCUT2D eigenvalue weighted by Gasteiger charge is -2.55. The molecule has 0 aromatic rings. The highest BCUT2D eigenvalue weighted by atomic mass is 16.5. The Kier molecular flexibility index (Phi) is 3.41. The van der Waals surface area contributed by atoms with Gasteiger partial charge in [0.1, 0.15) is 6.61 Å². The van der Waals surface area contributed by atoms with Crippen molar-refractivity contribution in [1.29, 1.82) is 0 Å². The average Bonchev–Trinajstić information content (AvgIpc) is 3.11. The van der Waals surface area contributed by atoms with Crippen molar-refractivity contribution in [3.63, 3.8) is 0 Å². The topological polar surface area (TPSA) is 51.0 Å². The molecule has 0 aromatic heterocycles. The first-order valence-electron chi connectivity index (χ1n) is 8.74. The van der Waals surface area contributed by atoms with E-state index in [1.54, 1.807) is 0 Å². The number of cyclic esters (lactones) is 1. The molecule has 1 saturated carbocycles. The summed E-state index contributed by atoms with van der Waals surface area (Å²) in [4.78, 5) is 11.7. The number of carbonyl (C=O) groups is 1. The van der Waals surface area contributed by atoms with Crippen molar-refractivity contribution < 1.29 is 9.53 Å². The first-order chi connectivity index (χ1) is 11.4. The molecule has 4 nitrogen and oxygen atoms in total. The van der Waals surface area contributed by atoms with Gasteiger partial charge in [-0.15, -0.1) is 0 Å². The average molecular weight is 324 g/mol. The van der Waals surface area contributed by atoms with Gasteiger partial charge in [-0.2, -0.15) is 10.2 Å². The minimum absolute atomic E-state index is 0.00443. The number of hydrogen-bond donors (Lipinski definition) is 0.